The van der Waals surface area contributed by atoms with Crippen LogP contribution in [0.4, 0.5) is 0 Å². The molecule has 0 spiro atoms. The van der Waals surface area contributed by atoms with Gasteiger partial charge in [0.05, 0.1) is 6.20 Å². The minimum atomic E-state index is -3.44. The standard InChI is InChI=1S/C13H17N5O2S/c19-21(20,13-3-6-15-16-13)18-9-7-17(8-10-18)11-12-1-4-14-5-2-12/h1-6H,7-11H2,(H,15,16). The highest BCUT2D eigenvalue weighted by Crippen LogP contribution is 2.16. The second-order valence-electron chi connectivity index (χ2n) is 4.96. The van der Waals surface area contributed by atoms with Gasteiger partial charge in [0.2, 0.25) is 0 Å². The van der Waals surface area contributed by atoms with Crippen LogP contribution in [0.3, 0.4) is 0 Å². The van der Waals surface area contributed by atoms with E-state index in [1.54, 1.807) is 12.4 Å². The summed E-state index contributed by atoms with van der Waals surface area (Å²) in [7, 11) is -3.44. The molecule has 3 heterocycles. The fourth-order valence-electron chi connectivity index (χ4n) is 2.40. The molecule has 112 valence electrons. The quantitative estimate of drug-likeness (QED) is 0.879. The van der Waals surface area contributed by atoms with Crippen molar-refractivity contribution < 1.29 is 8.42 Å². The van der Waals surface area contributed by atoms with E-state index in [-0.39, 0.29) is 5.03 Å². The van der Waals surface area contributed by atoms with Crippen LogP contribution >= 0.6 is 0 Å². The maximum atomic E-state index is 12.3. The molecule has 0 amide bonds. The molecular formula is C13H17N5O2S. The summed E-state index contributed by atoms with van der Waals surface area (Å²) in [5, 5.41) is 6.39. The molecular weight excluding hydrogens is 290 g/mol. The lowest BCUT2D eigenvalue weighted by atomic mass is 10.2. The van der Waals surface area contributed by atoms with Gasteiger partial charge in [-0.1, -0.05) is 0 Å². The maximum Gasteiger partial charge on any atom is 0.260 e. The van der Waals surface area contributed by atoms with Gasteiger partial charge in [0, 0.05) is 45.1 Å². The van der Waals surface area contributed by atoms with Crippen molar-refractivity contribution in [2.45, 2.75) is 11.6 Å². The molecule has 0 saturated carbocycles. The molecule has 1 N–H and O–H groups in total. The Bertz CT molecular complexity index is 664. The Balaban J connectivity index is 1.61. The van der Waals surface area contributed by atoms with Crippen molar-refractivity contribution in [3.63, 3.8) is 0 Å². The predicted octanol–water partition coefficient (Wildman–Crippen LogP) is 0.311. The molecule has 7 nitrogen and oxygen atoms in total. The van der Waals surface area contributed by atoms with Crippen LogP contribution in [0.5, 0.6) is 0 Å². The molecule has 0 aromatic carbocycles. The number of aromatic amines is 1. The molecule has 3 rings (SSSR count). The van der Waals surface area contributed by atoms with Crippen molar-refractivity contribution >= 4 is 10.0 Å². The van der Waals surface area contributed by atoms with Crippen LogP contribution < -0.4 is 0 Å². The SMILES string of the molecule is O=S(=O)(c1ccn[nH]1)N1CCN(Cc2ccncc2)CC1. The van der Waals surface area contributed by atoms with Crippen molar-refractivity contribution in [1.82, 2.24) is 24.4 Å². The van der Waals surface area contributed by atoms with E-state index in [1.165, 1.54) is 22.1 Å². The van der Waals surface area contributed by atoms with Gasteiger partial charge in [0.25, 0.3) is 10.0 Å². The van der Waals surface area contributed by atoms with Crippen molar-refractivity contribution in [2.75, 3.05) is 26.2 Å². The van der Waals surface area contributed by atoms with Crippen molar-refractivity contribution in [3.05, 3.63) is 42.4 Å². The van der Waals surface area contributed by atoms with E-state index in [9.17, 15) is 8.42 Å². The molecule has 0 aliphatic carbocycles. The third-order valence-corrected chi connectivity index (χ3v) is 5.41. The van der Waals surface area contributed by atoms with Gasteiger partial charge in [-0.05, 0) is 23.8 Å². The average Bonchev–Trinajstić information content (AvgIpc) is 3.04. The van der Waals surface area contributed by atoms with Gasteiger partial charge in [-0.3, -0.25) is 15.0 Å². The van der Waals surface area contributed by atoms with Gasteiger partial charge in [0.1, 0.15) is 0 Å². The topological polar surface area (TPSA) is 82.2 Å². The Morgan fingerprint density at radius 2 is 1.76 bits per heavy atom. The first-order chi connectivity index (χ1) is 10.2. The number of hydrogen-bond acceptors (Lipinski definition) is 5. The van der Waals surface area contributed by atoms with Crippen LogP contribution in [0.1, 0.15) is 5.56 Å². The van der Waals surface area contributed by atoms with E-state index < -0.39 is 10.0 Å². The normalized spacial score (nSPS) is 17.9. The van der Waals surface area contributed by atoms with E-state index in [4.69, 9.17) is 0 Å². The van der Waals surface area contributed by atoms with Crippen LogP contribution in [-0.4, -0.2) is 59.0 Å². The van der Waals surface area contributed by atoms with E-state index >= 15 is 0 Å². The highest BCUT2D eigenvalue weighted by molar-refractivity contribution is 7.89. The zero-order valence-corrected chi connectivity index (χ0v) is 12.3. The molecule has 2 aromatic rings. The molecule has 1 aliphatic rings. The Labute approximate surface area is 123 Å². The van der Waals surface area contributed by atoms with Crippen LogP contribution in [-0.2, 0) is 16.6 Å². The second kappa shape index (κ2) is 5.92. The first kappa shape index (κ1) is 14.2. The Morgan fingerprint density at radius 3 is 2.38 bits per heavy atom. The van der Waals surface area contributed by atoms with Gasteiger partial charge in [-0.2, -0.15) is 9.40 Å². The Kier molecular flexibility index (Phi) is 4.00. The number of pyridine rings is 1. The summed E-state index contributed by atoms with van der Waals surface area (Å²) in [5.41, 5.74) is 1.19. The first-order valence-corrected chi connectivity index (χ1v) is 8.21. The van der Waals surface area contributed by atoms with Gasteiger partial charge < -0.3 is 0 Å². The van der Waals surface area contributed by atoms with Gasteiger partial charge in [-0.25, -0.2) is 8.42 Å². The monoisotopic (exact) mass is 307 g/mol. The summed E-state index contributed by atoms with van der Waals surface area (Å²) in [6, 6.07) is 5.44. The van der Waals surface area contributed by atoms with Crippen LogP contribution in [0.15, 0.2) is 41.8 Å². The summed E-state index contributed by atoms with van der Waals surface area (Å²) in [5.74, 6) is 0. The molecule has 0 bridgehead atoms. The fraction of sp³-hybridized carbons (Fsp3) is 0.385. The largest absolute Gasteiger partial charge is 0.296 e. The lowest BCUT2D eigenvalue weighted by molar-refractivity contribution is 0.181. The van der Waals surface area contributed by atoms with Crippen molar-refractivity contribution in [2.24, 2.45) is 0 Å². The molecule has 21 heavy (non-hydrogen) atoms. The molecule has 0 atom stereocenters. The number of aromatic nitrogens is 3. The molecule has 0 unspecified atom stereocenters. The second-order valence-corrected chi connectivity index (χ2v) is 6.86. The minimum Gasteiger partial charge on any atom is -0.296 e. The Morgan fingerprint density at radius 1 is 1.05 bits per heavy atom. The first-order valence-electron chi connectivity index (χ1n) is 6.77. The molecule has 8 heteroatoms. The highest BCUT2D eigenvalue weighted by Gasteiger charge is 2.29. The molecule has 1 fully saturated rings. The number of rotatable bonds is 4. The van der Waals surface area contributed by atoms with E-state index in [0.717, 1.165) is 19.6 Å². The van der Waals surface area contributed by atoms with Gasteiger partial charge in [0.15, 0.2) is 5.03 Å². The smallest absolute Gasteiger partial charge is 0.260 e. The van der Waals surface area contributed by atoms with E-state index in [2.05, 4.69) is 20.1 Å². The third-order valence-electron chi connectivity index (χ3n) is 3.58. The van der Waals surface area contributed by atoms with Crippen LogP contribution in [0.25, 0.3) is 0 Å². The van der Waals surface area contributed by atoms with Crippen LogP contribution in [0, 0.1) is 0 Å². The number of sulfonamides is 1. The minimum absolute atomic E-state index is 0.157. The summed E-state index contributed by atoms with van der Waals surface area (Å²) < 4.78 is 26.2. The number of nitrogens with zero attached hydrogens (tertiary/aromatic N) is 4. The summed E-state index contributed by atoms with van der Waals surface area (Å²) in [6.07, 6.45) is 5.00. The maximum absolute atomic E-state index is 12.3. The number of hydrogen-bond donors (Lipinski definition) is 1. The zero-order valence-electron chi connectivity index (χ0n) is 11.5. The zero-order chi connectivity index (χ0) is 14.7. The lowest BCUT2D eigenvalue weighted by Crippen LogP contribution is -2.48. The van der Waals surface area contributed by atoms with E-state index in [0.29, 0.717) is 13.1 Å². The van der Waals surface area contributed by atoms with Crippen molar-refractivity contribution in [1.29, 1.82) is 0 Å². The average molecular weight is 307 g/mol. The van der Waals surface area contributed by atoms with E-state index in [1.807, 2.05) is 12.1 Å². The lowest BCUT2D eigenvalue weighted by Gasteiger charge is -2.33. The van der Waals surface area contributed by atoms with Crippen molar-refractivity contribution in [3.8, 4) is 0 Å². The molecule has 2 aromatic heterocycles. The summed E-state index contributed by atoms with van der Waals surface area (Å²) >= 11 is 0. The molecule has 1 aliphatic heterocycles. The van der Waals surface area contributed by atoms with Crippen LogP contribution in [0.2, 0.25) is 0 Å². The fourth-order valence-corrected chi connectivity index (χ4v) is 3.72. The number of H-pyrrole nitrogens is 1. The Hall–Kier alpha value is -1.77. The summed E-state index contributed by atoms with van der Waals surface area (Å²) in [6.45, 7) is 3.24. The third kappa shape index (κ3) is 3.12. The molecule has 1 saturated heterocycles. The van der Waals surface area contributed by atoms with Gasteiger partial charge in [-0.15, -0.1) is 0 Å². The number of nitrogens with one attached hydrogen (secondary N) is 1. The molecule has 0 radical (unpaired) electrons. The van der Waals surface area contributed by atoms with Gasteiger partial charge >= 0.3 is 0 Å². The highest BCUT2D eigenvalue weighted by atomic mass is 32.2. The number of piperazine rings is 1. The predicted molar refractivity (Wildman–Crippen MR) is 76.9 cm³/mol. The summed E-state index contributed by atoms with van der Waals surface area (Å²) in [4.78, 5) is 6.24.